The summed E-state index contributed by atoms with van der Waals surface area (Å²) in [5.74, 6) is 0.230. The fraction of sp³-hybridized carbons (Fsp3) is 0.600. The molecular weight excluding hydrogens is 362 g/mol. The molecule has 1 aliphatic heterocycles. The molecule has 1 saturated heterocycles. The maximum atomic E-state index is 12.8. The minimum Gasteiger partial charge on any atom is -0.488 e. The van der Waals surface area contributed by atoms with Gasteiger partial charge in [0.2, 0.25) is 10.0 Å². The van der Waals surface area contributed by atoms with Crippen molar-refractivity contribution in [3.05, 3.63) is 24.3 Å². The summed E-state index contributed by atoms with van der Waals surface area (Å²) in [6.07, 6.45) is -1.05. The third-order valence-electron chi connectivity index (χ3n) is 3.69. The molecule has 0 amide bonds. The average Bonchev–Trinajstić information content (AvgIpc) is 3.04. The molecule has 0 bridgehead atoms. The van der Waals surface area contributed by atoms with E-state index in [0.29, 0.717) is 13.1 Å². The minimum absolute atomic E-state index is 0. The lowest BCUT2D eigenvalue weighted by molar-refractivity contribution is 0.0819. The van der Waals surface area contributed by atoms with Crippen LogP contribution in [-0.4, -0.2) is 51.4 Å². The Balaban J connectivity index is 0.00000288. The van der Waals surface area contributed by atoms with Crippen LogP contribution >= 0.6 is 12.4 Å². The molecule has 1 aromatic rings. The zero-order valence-corrected chi connectivity index (χ0v) is 15.1. The molecule has 1 unspecified atom stereocenters. The number of halogens is 3. The van der Waals surface area contributed by atoms with E-state index in [1.165, 1.54) is 28.6 Å². The molecule has 1 heterocycles. The second-order valence-electron chi connectivity index (χ2n) is 5.44. The molecular formula is C15H23ClF2N2O3S. The zero-order chi connectivity index (χ0) is 16.9. The Morgan fingerprint density at radius 3 is 2.50 bits per heavy atom. The van der Waals surface area contributed by atoms with Crippen LogP contribution in [0.25, 0.3) is 0 Å². The molecule has 1 atom stereocenters. The van der Waals surface area contributed by atoms with Crippen LogP contribution in [0.4, 0.5) is 8.78 Å². The summed E-state index contributed by atoms with van der Waals surface area (Å²) in [6.45, 7) is 3.14. The van der Waals surface area contributed by atoms with Gasteiger partial charge in [0.05, 0.1) is 4.90 Å². The Morgan fingerprint density at radius 1 is 1.33 bits per heavy atom. The van der Waals surface area contributed by atoms with Gasteiger partial charge in [-0.05, 0) is 43.7 Å². The molecule has 9 heteroatoms. The second-order valence-corrected chi connectivity index (χ2v) is 7.33. The van der Waals surface area contributed by atoms with E-state index < -0.39 is 23.1 Å². The smallest absolute Gasteiger partial charge is 0.272 e. The van der Waals surface area contributed by atoms with Gasteiger partial charge < -0.3 is 10.1 Å². The number of sulfonamides is 1. The lowest BCUT2D eigenvalue weighted by Gasteiger charge is -2.27. The highest BCUT2D eigenvalue weighted by molar-refractivity contribution is 7.89. The quantitative estimate of drug-likeness (QED) is 0.748. The summed E-state index contributed by atoms with van der Waals surface area (Å²) in [7, 11) is -3.61. The molecule has 1 N–H and O–H groups in total. The van der Waals surface area contributed by atoms with E-state index in [2.05, 4.69) is 5.32 Å². The number of benzene rings is 1. The molecule has 1 aromatic carbocycles. The van der Waals surface area contributed by atoms with Gasteiger partial charge in [-0.15, -0.1) is 12.4 Å². The van der Waals surface area contributed by atoms with Crippen molar-refractivity contribution in [3.63, 3.8) is 0 Å². The largest absolute Gasteiger partial charge is 0.488 e. The van der Waals surface area contributed by atoms with Crippen LogP contribution in [0.2, 0.25) is 0 Å². The minimum atomic E-state index is -3.61. The Kier molecular flexibility index (Phi) is 8.35. The molecule has 0 aliphatic carbocycles. The fourth-order valence-corrected chi connectivity index (χ4v) is 4.35. The zero-order valence-electron chi connectivity index (χ0n) is 13.5. The van der Waals surface area contributed by atoms with Gasteiger partial charge in [-0.25, -0.2) is 17.2 Å². The first-order valence-electron chi connectivity index (χ1n) is 7.68. The van der Waals surface area contributed by atoms with Gasteiger partial charge in [-0.3, -0.25) is 0 Å². The van der Waals surface area contributed by atoms with E-state index >= 15 is 0 Å². The summed E-state index contributed by atoms with van der Waals surface area (Å²) in [4.78, 5) is 0.155. The van der Waals surface area contributed by atoms with Gasteiger partial charge >= 0.3 is 0 Å². The van der Waals surface area contributed by atoms with Crippen LogP contribution < -0.4 is 10.1 Å². The van der Waals surface area contributed by atoms with Crippen LogP contribution in [-0.2, 0) is 10.0 Å². The lowest BCUT2D eigenvalue weighted by Crippen LogP contribution is -2.41. The third-order valence-corrected chi connectivity index (χ3v) is 5.66. The van der Waals surface area contributed by atoms with Crippen molar-refractivity contribution in [3.8, 4) is 5.75 Å². The molecule has 5 nitrogen and oxygen atoms in total. The number of rotatable bonds is 8. The van der Waals surface area contributed by atoms with E-state index in [9.17, 15) is 17.2 Å². The third kappa shape index (κ3) is 5.27. The molecule has 138 valence electrons. The van der Waals surface area contributed by atoms with Crippen LogP contribution in [0.15, 0.2) is 29.2 Å². The number of nitrogens with zero attached hydrogens (tertiary/aromatic N) is 1. The summed E-state index contributed by atoms with van der Waals surface area (Å²) in [5, 5.41) is 3.17. The van der Waals surface area contributed by atoms with E-state index in [4.69, 9.17) is 4.74 Å². The average molecular weight is 385 g/mol. The van der Waals surface area contributed by atoms with Crippen molar-refractivity contribution in [1.82, 2.24) is 9.62 Å². The lowest BCUT2D eigenvalue weighted by atomic mass is 10.2. The van der Waals surface area contributed by atoms with Crippen molar-refractivity contribution < 1.29 is 21.9 Å². The summed E-state index contributed by atoms with van der Waals surface area (Å²) in [5.41, 5.74) is 0. The van der Waals surface area contributed by atoms with Crippen molar-refractivity contribution in [2.45, 2.75) is 37.1 Å². The number of alkyl halides is 2. The number of hydrogen-bond donors (Lipinski definition) is 1. The molecule has 24 heavy (non-hydrogen) atoms. The molecule has 0 saturated carbocycles. The highest BCUT2D eigenvalue weighted by Gasteiger charge is 2.32. The first-order valence-corrected chi connectivity index (χ1v) is 9.12. The van der Waals surface area contributed by atoms with Crippen LogP contribution in [0.5, 0.6) is 5.75 Å². The standard InChI is InChI=1S/C15H22F2N2O3S.ClH/c1-2-9-19(12-7-8-18-10-12)23(20,21)14-5-3-13(4-6-14)22-11-15(16)17;/h3-6,12,15,18H,2,7-11H2,1H3;1H. The highest BCUT2D eigenvalue weighted by Crippen LogP contribution is 2.23. The monoisotopic (exact) mass is 384 g/mol. The van der Waals surface area contributed by atoms with E-state index in [1.807, 2.05) is 6.92 Å². The Morgan fingerprint density at radius 2 is 2.00 bits per heavy atom. The topological polar surface area (TPSA) is 58.6 Å². The summed E-state index contributed by atoms with van der Waals surface area (Å²) in [6, 6.07) is 5.58. The van der Waals surface area contributed by atoms with Crippen LogP contribution in [0.1, 0.15) is 19.8 Å². The maximum Gasteiger partial charge on any atom is 0.272 e. The van der Waals surface area contributed by atoms with Gasteiger partial charge in [0.1, 0.15) is 12.4 Å². The Bertz CT molecular complexity index is 593. The van der Waals surface area contributed by atoms with Crippen molar-refractivity contribution in [2.24, 2.45) is 0 Å². The van der Waals surface area contributed by atoms with Gasteiger partial charge in [0, 0.05) is 19.1 Å². The number of nitrogens with one attached hydrogen (secondary N) is 1. The second kappa shape index (κ2) is 9.50. The van der Waals surface area contributed by atoms with Crippen molar-refractivity contribution >= 4 is 22.4 Å². The van der Waals surface area contributed by atoms with Gasteiger partial charge in [0.25, 0.3) is 6.43 Å². The normalized spacial score (nSPS) is 18.0. The number of ether oxygens (including phenoxy) is 1. The maximum absolute atomic E-state index is 12.8. The van der Waals surface area contributed by atoms with Crippen LogP contribution in [0.3, 0.4) is 0 Å². The molecule has 2 rings (SSSR count). The van der Waals surface area contributed by atoms with E-state index in [0.717, 1.165) is 19.4 Å². The highest BCUT2D eigenvalue weighted by atomic mass is 35.5. The number of hydrogen-bond acceptors (Lipinski definition) is 4. The van der Waals surface area contributed by atoms with Crippen molar-refractivity contribution in [2.75, 3.05) is 26.2 Å². The van der Waals surface area contributed by atoms with Crippen LogP contribution in [0, 0.1) is 0 Å². The first kappa shape index (κ1) is 21.1. The molecule has 0 aromatic heterocycles. The SMILES string of the molecule is CCCN(C1CCNC1)S(=O)(=O)c1ccc(OCC(F)F)cc1.Cl. The first-order chi connectivity index (χ1) is 10.9. The summed E-state index contributed by atoms with van der Waals surface area (Å²) >= 11 is 0. The Labute approximate surface area is 147 Å². The van der Waals surface area contributed by atoms with E-state index in [1.54, 1.807) is 0 Å². The summed E-state index contributed by atoms with van der Waals surface area (Å²) < 4.78 is 56.3. The van der Waals surface area contributed by atoms with Gasteiger partial charge in [-0.2, -0.15) is 4.31 Å². The molecule has 0 spiro atoms. The molecule has 0 radical (unpaired) electrons. The van der Waals surface area contributed by atoms with Gasteiger partial charge in [0.15, 0.2) is 0 Å². The fourth-order valence-electron chi connectivity index (χ4n) is 2.61. The molecule has 1 aliphatic rings. The Hall–Kier alpha value is -0.960. The van der Waals surface area contributed by atoms with Gasteiger partial charge in [-0.1, -0.05) is 6.92 Å². The predicted octanol–water partition coefficient (Wildman–Crippen LogP) is 2.51. The van der Waals surface area contributed by atoms with E-state index in [-0.39, 0.29) is 29.1 Å². The molecule has 1 fully saturated rings. The predicted molar refractivity (Wildman–Crippen MR) is 90.6 cm³/mol. The van der Waals surface area contributed by atoms with Crippen molar-refractivity contribution in [1.29, 1.82) is 0 Å².